The zero-order valence-corrected chi connectivity index (χ0v) is 13.0. The Balaban J connectivity index is 2.13. The van der Waals surface area contributed by atoms with Gasteiger partial charge in [-0.2, -0.15) is 5.26 Å². The summed E-state index contributed by atoms with van der Waals surface area (Å²) in [7, 11) is 3.66. The SMILES string of the molecule is COc1ccc2ncc(C#N)c(N(C)C3CCCCC3)c2n1. The lowest BCUT2D eigenvalue weighted by Gasteiger charge is -2.33. The van der Waals surface area contributed by atoms with Crippen LogP contribution in [0.1, 0.15) is 37.7 Å². The highest BCUT2D eigenvalue weighted by Crippen LogP contribution is 2.33. The first-order chi connectivity index (χ1) is 10.7. The number of rotatable bonds is 3. The van der Waals surface area contributed by atoms with Gasteiger partial charge in [0.2, 0.25) is 5.88 Å². The van der Waals surface area contributed by atoms with Gasteiger partial charge in [0.05, 0.1) is 23.9 Å². The molecule has 1 aliphatic rings. The summed E-state index contributed by atoms with van der Waals surface area (Å²) in [5.41, 5.74) is 2.98. The van der Waals surface area contributed by atoms with Crippen LogP contribution in [0.4, 0.5) is 5.69 Å². The summed E-state index contributed by atoms with van der Waals surface area (Å²) < 4.78 is 5.24. The molecule has 0 spiro atoms. The minimum atomic E-state index is 0.458. The lowest BCUT2D eigenvalue weighted by Crippen LogP contribution is -2.34. The molecule has 0 aliphatic heterocycles. The Morgan fingerprint density at radius 1 is 1.27 bits per heavy atom. The Morgan fingerprint density at radius 3 is 2.73 bits per heavy atom. The quantitative estimate of drug-likeness (QED) is 0.869. The predicted molar refractivity (Wildman–Crippen MR) is 86.1 cm³/mol. The summed E-state index contributed by atoms with van der Waals surface area (Å²) in [6, 6.07) is 6.40. The van der Waals surface area contributed by atoms with Gasteiger partial charge in [0.25, 0.3) is 0 Å². The number of ether oxygens (including phenoxy) is 1. The molecule has 1 saturated carbocycles. The van der Waals surface area contributed by atoms with Crippen LogP contribution in [-0.2, 0) is 0 Å². The van der Waals surface area contributed by atoms with Crippen molar-refractivity contribution in [3.05, 3.63) is 23.9 Å². The van der Waals surface area contributed by atoms with Crippen LogP contribution >= 0.6 is 0 Å². The number of anilines is 1. The molecule has 0 unspecified atom stereocenters. The molecule has 0 atom stereocenters. The molecule has 114 valence electrons. The monoisotopic (exact) mass is 296 g/mol. The van der Waals surface area contributed by atoms with Crippen molar-refractivity contribution >= 4 is 16.7 Å². The van der Waals surface area contributed by atoms with E-state index in [0.29, 0.717) is 17.5 Å². The van der Waals surface area contributed by atoms with E-state index in [-0.39, 0.29) is 0 Å². The number of methoxy groups -OCH3 is 1. The Kier molecular flexibility index (Phi) is 4.10. The number of pyridine rings is 2. The second-order valence-electron chi connectivity index (χ2n) is 5.76. The number of hydrogen-bond donors (Lipinski definition) is 0. The van der Waals surface area contributed by atoms with Gasteiger partial charge in [-0.15, -0.1) is 0 Å². The molecule has 0 radical (unpaired) electrons. The average molecular weight is 296 g/mol. The Morgan fingerprint density at radius 2 is 2.05 bits per heavy atom. The van der Waals surface area contributed by atoms with Crippen LogP contribution in [0.15, 0.2) is 18.3 Å². The van der Waals surface area contributed by atoms with Crippen molar-refractivity contribution in [2.75, 3.05) is 19.1 Å². The Bertz CT molecular complexity index is 716. The minimum absolute atomic E-state index is 0.458. The smallest absolute Gasteiger partial charge is 0.213 e. The summed E-state index contributed by atoms with van der Waals surface area (Å²) in [6.07, 6.45) is 7.77. The highest BCUT2D eigenvalue weighted by atomic mass is 16.5. The van der Waals surface area contributed by atoms with E-state index in [1.807, 2.05) is 6.07 Å². The fourth-order valence-electron chi connectivity index (χ4n) is 3.24. The van der Waals surface area contributed by atoms with Gasteiger partial charge < -0.3 is 9.64 Å². The first-order valence-corrected chi connectivity index (χ1v) is 7.71. The maximum absolute atomic E-state index is 9.48. The van der Waals surface area contributed by atoms with E-state index in [1.54, 1.807) is 19.4 Å². The summed E-state index contributed by atoms with van der Waals surface area (Å²) >= 11 is 0. The maximum atomic E-state index is 9.48. The fourth-order valence-corrected chi connectivity index (χ4v) is 3.24. The molecule has 22 heavy (non-hydrogen) atoms. The average Bonchev–Trinajstić information content (AvgIpc) is 2.60. The number of nitrogens with zero attached hydrogens (tertiary/aromatic N) is 4. The number of aromatic nitrogens is 2. The topological polar surface area (TPSA) is 62.0 Å². The third-order valence-electron chi connectivity index (χ3n) is 4.47. The standard InChI is InChI=1S/C17H20N4O/c1-21(13-6-4-3-5-7-13)17-12(10-18)11-19-14-8-9-15(22-2)20-16(14)17/h8-9,11,13H,3-7H2,1-2H3. The van der Waals surface area contributed by atoms with Crippen LogP contribution in [0, 0.1) is 11.3 Å². The lowest BCUT2D eigenvalue weighted by atomic mass is 9.94. The largest absolute Gasteiger partial charge is 0.481 e. The van der Waals surface area contributed by atoms with Crippen molar-refractivity contribution in [3.8, 4) is 11.9 Å². The van der Waals surface area contributed by atoms with Crippen LogP contribution in [0.5, 0.6) is 5.88 Å². The van der Waals surface area contributed by atoms with Crippen LogP contribution in [0.25, 0.3) is 11.0 Å². The molecule has 0 N–H and O–H groups in total. The van der Waals surface area contributed by atoms with Crippen molar-refractivity contribution < 1.29 is 4.74 Å². The van der Waals surface area contributed by atoms with E-state index < -0.39 is 0 Å². The van der Waals surface area contributed by atoms with Crippen LogP contribution in [-0.4, -0.2) is 30.2 Å². The van der Waals surface area contributed by atoms with E-state index in [1.165, 1.54) is 19.3 Å². The lowest BCUT2D eigenvalue weighted by molar-refractivity contribution is 0.399. The molecular formula is C17H20N4O. The van der Waals surface area contributed by atoms with Gasteiger partial charge in [-0.1, -0.05) is 19.3 Å². The summed E-state index contributed by atoms with van der Waals surface area (Å²) in [5.74, 6) is 0.544. The van der Waals surface area contributed by atoms with Gasteiger partial charge >= 0.3 is 0 Å². The Hall–Kier alpha value is -2.35. The van der Waals surface area contributed by atoms with Gasteiger partial charge in [-0.3, -0.25) is 4.98 Å². The van der Waals surface area contributed by atoms with E-state index in [9.17, 15) is 5.26 Å². The third-order valence-corrected chi connectivity index (χ3v) is 4.47. The molecule has 2 heterocycles. The van der Waals surface area contributed by atoms with Gasteiger partial charge in [-0.25, -0.2) is 4.98 Å². The molecule has 1 fully saturated rings. The predicted octanol–water partition coefficient (Wildman–Crippen LogP) is 3.28. The maximum Gasteiger partial charge on any atom is 0.213 e. The Labute approximate surface area is 130 Å². The van der Waals surface area contributed by atoms with Crippen molar-refractivity contribution in [2.24, 2.45) is 0 Å². The third kappa shape index (κ3) is 2.57. The normalized spacial score (nSPS) is 15.5. The zero-order valence-electron chi connectivity index (χ0n) is 13.0. The molecule has 2 aromatic heterocycles. The van der Waals surface area contributed by atoms with Crippen LogP contribution in [0.3, 0.4) is 0 Å². The minimum Gasteiger partial charge on any atom is -0.481 e. The van der Waals surface area contributed by atoms with Gasteiger partial charge in [0, 0.05) is 25.4 Å². The summed E-state index contributed by atoms with van der Waals surface area (Å²) in [6.45, 7) is 0. The molecule has 3 rings (SSSR count). The highest BCUT2D eigenvalue weighted by Gasteiger charge is 2.23. The highest BCUT2D eigenvalue weighted by molar-refractivity contribution is 5.91. The van der Waals surface area contributed by atoms with Crippen molar-refractivity contribution in [1.29, 1.82) is 5.26 Å². The second kappa shape index (κ2) is 6.18. The zero-order chi connectivity index (χ0) is 15.5. The molecule has 5 heteroatoms. The first-order valence-electron chi connectivity index (χ1n) is 7.71. The summed E-state index contributed by atoms with van der Waals surface area (Å²) in [4.78, 5) is 11.1. The molecular weight excluding hydrogens is 276 g/mol. The molecule has 5 nitrogen and oxygen atoms in total. The number of nitriles is 1. The van der Waals surface area contributed by atoms with E-state index in [4.69, 9.17) is 4.74 Å². The van der Waals surface area contributed by atoms with Crippen molar-refractivity contribution in [1.82, 2.24) is 9.97 Å². The number of hydrogen-bond acceptors (Lipinski definition) is 5. The molecule has 0 bridgehead atoms. The first kappa shape index (κ1) is 14.6. The van der Waals surface area contributed by atoms with Gasteiger partial charge in [-0.05, 0) is 18.9 Å². The van der Waals surface area contributed by atoms with Crippen molar-refractivity contribution in [2.45, 2.75) is 38.1 Å². The molecule has 1 aliphatic carbocycles. The van der Waals surface area contributed by atoms with E-state index in [2.05, 4.69) is 28.0 Å². The molecule has 0 aromatic carbocycles. The number of fused-ring (bicyclic) bond motifs is 1. The van der Waals surface area contributed by atoms with Gasteiger partial charge in [0.15, 0.2) is 0 Å². The fraction of sp³-hybridized carbons (Fsp3) is 0.471. The molecule has 2 aromatic rings. The van der Waals surface area contributed by atoms with Crippen LogP contribution in [0.2, 0.25) is 0 Å². The van der Waals surface area contributed by atoms with E-state index in [0.717, 1.165) is 29.6 Å². The van der Waals surface area contributed by atoms with E-state index >= 15 is 0 Å². The van der Waals surface area contributed by atoms with Crippen LogP contribution < -0.4 is 9.64 Å². The molecule has 0 saturated heterocycles. The van der Waals surface area contributed by atoms with Crippen molar-refractivity contribution in [3.63, 3.8) is 0 Å². The van der Waals surface area contributed by atoms with Gasteiger partial charge in [0.1, 0.15) is 11.6 Å². The second-order valence-corrected chi connectivity index (χ2v) is 5.76. The molecule has 0 amide bonds. The summed E-state index contributed by atoms with van der Waals surface area (Å²) in [5, 5.41) is 9.48.